The van der Waals surface area contributed by atoms with Crippen molar-refractivity contribution in [3.63, 3.8) is 0 Å². The van der Waals surface area contributed by atoms with Crippen molar-refractivity contribution in [2.24, 2.45) is 5.92 Å². The second-order valence-electron chi connectivity index (χ2n) is 5.17. The van der Waals surface area contributed by atoms with Gasteiger partial charge in [-0.1, -0.05) is 19.1 Å². The van der Waals surface area contributed by atoms with E-state index in [4.69, 9.17) is 0 Å². The summed E-state index contributed by atoms with van der Waals surface area (Å²) in [5, 5.41) is 3.36. The van der Waals surface area contributed by atoms with E-state index in [1.165, 1.54) is 12.1 Å². The van der Waals surface area contributed by atoms with E-state index < -0.39 is 9.84 Å². The number of halogens is 1. The van der Waals surface area contributed by atoms with Crippen LogP contribution in [0.5, 0.6) is 0 Å². The molecule has 106 valence electrons. The predicted octanol–water partition coefficient (Wildman–Crippen LogP) is 2.30. The maximum absolute atomic E-state index is 12.9. The molecule has 0 radical (unpaired) electrons. The van der Waals surface area contributed by atoms with Crippen molar-refractivity contribution in [2.45, 2.75) is 25.8 Å². The molecule has 1 heterocycles. The van der Waals surface area contributed by atoms with Gasteiger partial charge in [0.1, 0.15) is 5.82 Å². The lowest BCUT2D eigenvalue weighted by molar-refractivity contribution is 0.421. The molecule has 2 rings (SSSR count). The van der Waals surface area contributed by atoms with Gasteiger partial charge in [0, 0.05) is 6.04 Å². The third-order valence-electron chi connectivity index (χ3n) is 3.62. The topological polar surface area (TPSA) is 46.2 Å². The van der Waals surface area contributed by atoms with Gasteiger partial charge in [0.15, 0.2) is 9.84 Å². The van der Waals surface area contributed by atoms with E-state index in [0.29, 0.717) is 5.75 Å². The molecule has 0 aliphatic carbocycles. The van der Waals surface area contributed by atoms with Gasteiger partial charge in [0.05, 0.1) is 11.5 Å². The van der Waals surface area contributed by atoms with Crippen molar-refractivity contribution in [2.75, 3.05) is 18.1 Å². The molecular weight excluding hydrogens is 265 g/mol. The Kier molecular flexibility index (Phi) is 4.58. The average Bonchev–Trinajstić information content (AvgIpc) is 2.69. The number of benzene rings is 1. The van der Waals surface area contributed by atoms with Crippen molar-refractivity contribution in [1.29, 1.82) is 0 Å². The molecule has 2 unspecified atom stereocenters. The van der Waals surface area contributed by atoms with Crippen molar-refractivity contribution in [3.05, 3.63) is 35.6 Å². The molecule has 0 aromatic heterocycles. The predicted molar refractivity (Wildman–Crippen MR) is 74.2 cm³/mol. The molecule has 1 saturated heterocycles. The van der Waals surface area contributed by atoms with Crippen LogP contribution in [0.25, 0.3) is 0 Å². The Hall–Kier alpha value is -0.940. The highest BCUT2D eigenvalue weighted by atomic mass is 32.2. The molecular formula is C14H20FNO2S. The Morgan fingerprint density at radius 2 is 2.05 bits per heavy atom. The second-order valence-corrected chi connectivity index (χ2v) is 7.40. The van der Waals surface area contributed by atoms with E-state index in [9.17, 15) is 12.8 Å². The summed E-state index contributed by atoms with van der Waals surface area (Å²) >= 11 is 0. The van der Waals surface area contributed by atoms with Crippen molar-refractivity contribution in [3.8, 4) is 0 Å². The van der Waals surface area contributed by atoms with Crippen LogP contribution in [0.4, 0.5) is 4.39 Å². The average molecular weight is 285 g/mol. The number of hydrogen-bond donors (Lipinski definition) is 1. The lowest BCUT2D eigenvalue weighted by atomic mass is 9.94. The first-order valence-corrected chi connectivity index (χ1v) is 8.51. The van der Waals surface area contributed by atoms with Crippen LogP contribution in [0.15, 0.2) is 24.3 Å². The largest absolute Gasteiger partial charge is 0.310 e. The third kappa shape index (κ3) is 4.01. The molecule has 5 heteroatoms. The summed E-state index contributed by atoms with van der Waals surface area (Å²) in [6, 6.07) is 6.54. The van der Waals surface area contributed by atoms with Gasteiger partial charge in [-0.05, 0) is 43.0 Å². The smallest absolute Gasteiger partial charge is 0.150 e. The minimum atomic E-state index is -2.83. The van der Waals surface area contributed by atoms with Crippen molar-refractivity contribution >= 4 is 9.84 Å². The normalized spacial score (nSPS) is 23.4. The first kappa shape index (κ1) is 14.5. The third-order valence-corrected chi connectivity index (χ3v) is 5.46. The van der Waals surface area contributed by atoms with E-state index in [-0.39, 0.29) is 23.5 Å². The van der Waals surface area contributed by atoms with Crippen LogP contribution < -0.4 is 5.32 Å². The fourth-order valence-corrected chi connectivity index (χ4v) is 4.55. The van der Waals surface area contributed by atoms with Gasteiger partial charge < -0.3 is 5.32 Å². The van der Waals surface area contributed by atoms with Crippen molar-refractivity contribution < 1.29 is 12.8 Å². The monoisotopic (exact) mass is 285 g/mol. The number of nitrogens with one attached hydrogen (secondary N) is 1. The summed E-state index contributed by atoms with van der Waals surface area (Å²) in [5.41, 5.74) is 1.02. The molecule has 2 atom stereocenters. The quantitative estimate of drug-likeness (QED) is 0.903. The van der Waals surface area contributed by atoms with E-state index in [2.05, 4.69) is 5.32 Å². The lowest BCUT2D eigenvalue weighted by Gasteiger charge is -2.21. The summed E-state index contributed by atoms with van der Waals surface area (Å²) in [7, 11) is -2.83. The fraction of sp³-hybridized carbons (Fsp3) is 0.571. The molecule has 1 aliphatic rings. The zero-order valence-electron chi connectivity index (χ0n) is 11.1. The molecule has 0 amide bonds. The van der Waals surface area contributed by atoms with E-state index in [1.54, 1.807) is 12.1 Å². The SMILES string of the molecule is CCNC(CC1CCS(=O)(=O)C1)c1ccc(F)cc1. The Labute approximate surface area is 114 Å². The second kappa shape index (κ2) is 6.01. The Morgan fingerprint density at radius 3 is 2.58 bits per heavy atom. The number of hydrogen-bond acceptors (Lipinski definition) is 3. The van der Waals surface area contributed by atoms with Crippen LogP contribution in [0.2, 0.25) is 0 Å². The van der Waals surface area contributed by atoms with Gasteiger partial charge in [-0.2, -0.15) is 0 Å². The Morgan fingerprint density at radius 1 is 1.37 bits per heavy atom. The highest BCUT2D eigenvalue weighted by molar-refractivity contribution is 7.91. The summed E-state index contributed by atoms with van der Waals surface area (Å²) < 4.78 is 35.9. The number of sulfone groups is 1. The number of rotatable bonds is 5. The van der Waals surface area contributed by atoms with Crippen LogP contribution >= 0.6 is 0 Å². The summed E-state index contributed by atoms with van der Waals surface area (Å²) in [5.74, 6) is 0.553. The summed E-state index contributed by atoms with van der Waals surface area (Å²) in [4.78, 5) is 0. The highest BCUT2D eigenvalue weighted by Gasteiger charge is 2.29. The first-order chi connectivity index (χ1) is 9.00. The minimum absolute atomic E-state index is 0.101. The van der Waals surface area contributed by atoms with E-state index >= 15 is 0 Å². The van der Waals surface area contributed by atoms with Gasteiger partial charge in [-0.15, -0.1) is 0 Å². The van der Waals surface area contributed by atoms with Gasteiger partial charge >= 0.3 is 0 Å². The Balaban J connectivity index is 2.06. The molecule has 1 N–H and O–H groups in total. The van der Waals surface area contributed by atoms with E-state index in [0.717, 1.165) is 24.9 Å². The van der Waals surface area contributed by atoms with Crippen LogP contribution in [0, 0.1) is 11.7 Å². The van der Waals surface area contributed by atoms with Crippen LogP contribution in [-0.4, -0.2) is 26.5 Å². The highest BCUT2D eigenvalue weighted by Crippen LogP contribution is 2.29. The summed E-state index contributed by atoms with van der Waals surface area (Å²) in [6.07, 6.45) is 1.53. The molecule has 1 aliphatic heterocycles. The van der Waals surface area contributed by atoms with Gasteiger partial charge in [0.2, 0.25) is 0 Å². The fourth-order valence-electron chi connectivity index (χ4n) is 2.67. The summed E-state index contributed by atoms with van der Waals surface area (Å²) in [6.45, 7) is 2.82. The standard InChI is InChI=1S/C14H20FNO2S/c1-2-16-14(12-3-5-13(15)6-4-12)9-11-7-8-19(17,18)10-11/h3-6,11,14,16H,2,7-10H2,1H3. The first-order valence-electron chi connectivity index (χ1n) is 6.69. The van der Waals surface area contributed by atoms with Crippen LogP contribution in [-0.2, 0) is 9.84 Å². The Bertz CT molecular complexity index is 513. The van der Waals surface area contributed by atoms with E-state index in [1.807, 2.05) is 6.92 Å². The van der Waals surface area contributed by atoms with Gasteiger partial charge in [-0.25, -0.2) is 12.8 Å². The lowest BCUT2D eigenvalue weighted by Crippen LogP contribution is -2.24. The van der Waals surface area contributed by atoms with Gasteiger partial charge in [-0.3, -0.25) is 0 Å². The molecule has 1 aromatic carbocycles. The maximum atomic E-state index is 12.9. The maximum Gasteiger partial charge on any atom is 0.150 e. The van der Waals surface area contributed by atoms with Crippen molar-refractivity contribution in [1.82, 2.24) is 5.32 Å². The molecule has 3 nitrogen and oxygen atoms in total. The van der Waals surface area contributed by atoms with Crippen LogP contribution in [0.3, 0.4) is 0 Å². The molecule has 0 saturated carbocycles. The molecule has 0 spiro atoms. The van der Waals surface area contributed by atoms with Crippen LogP contribution in [0.1, 0.15) is 31.4 Å². The molecule has 1 fully saturated rings. The van der Waals surface area contributed by atoms with Gasteiger partial charge in [0.25, 0.3) is 0 Å². The molecule has 0 bridgehead atoms. The zero-order valence-corrected chi connectivity index (χ0v) is 11.9. The molecule has 1 aromatic rings. The minimum Gasteiger partial charge on any atom is -0.310 e. The zero-order chi connectivity index (χ0) is 13.9. The molecule has 19 heavy (non-hydrogen) atoms.